The number of rotatable bonds is 0. The molecule has 208 valence electrons. The first kappa shape index (κ1) is 182. The molecule has 0 aromatic heterocycles. The topological polar surface area (TPSA) is 288 Å². The van der Waals surface area contributed by atoms with Crippen molar-refractivity contribution >= 4 is 876 Å². The van der Waals surface area contributed by atoms with Gasteiger partial charge in [-0.05, 0) is 0 Å². The Kier molecular flexibility index (Phi) is 752. The van der Waals surface area contributed by atoms with Crippen molar-refractivity contribution < 1.29 is 133 Å². The molecule has 0 spiro atoms. The minimum absolute atomic E-state index is 0. The van der Waals surface area contributed by atoms with Crippen LogP contribution in [0.4, 0.5) is 0 Å². The van der Waals surface area contributed by atoms with Gasteiger partial charge in [0.2, 0.25) is 0 Å². The summed E-state index contributed by atoms with van der Waals surface area (Å²) in [4.78, 5) is 71.6. The van der Waals surface area contributed by atoms with Gasteiger partial charge in [-0.25, -0.2) is 0 Å². The van der Waals surface area contributed by atoms with Crippen molar-refractivity contribution in [2.24, 2.45) is 0 Å². The van der Waals surface area contributed by atoms with Crippen LogP contribution < -0.4 is 0 Å². The zero-order valence-corrected chi connectivity index (χ0v) is 78.2. The second-order valence-electron chi connectivity index (χ2n) is 1.41. The standard InChI is InChI=1S/22Ca.5H2O3Si.44H/c;;;;;;;;;;;;;;;;;;;;;;5*1-4(2)3;;;;;;;;;;;;;;;;;;;;;;;;;;;;;;;;;;;;;;;;;;;;/h;;;;;;;;;;;;;;;;;;;;;;5*1-2H;;;;;;;;;;;;;;;;;;;;;;;;;;;;;;;;;;;;;;;;;;;;/q22*+2;;;;;;44*-1. The van der Waals surface area contributed by atoms with Crippen molar-refractivity contribution in [1.82, 2.24) is 0 Å². The Balaban J connectivity index is -0.000000000398. The first-order chi connectivity index (χ1) is 8.66. The molecule has 0 amide bonds. The van der Waals surface area contributed by atoms with Crippen LogP contribution in [0, 0.1) is 0 Å². The molecule has 0 atom stereocenters. The van der Waals surface area contributed by atoms with E-state index in [0.29, 0.717) is 0 Å². The van der Waals surface area contributed by atoms with Gasteiger partial charge in [0, 0.05) is 0 Å². The summed E-state index contributed by atoms with van der Waals surface area (Å²) in [6, 6.07) is 0. The molecule has 0 saturated carbocycles. The third kappa shape index (κ3) is 415. The molecule has 0 fully saturated rings. The van der Waals surface area contributed by atoms with E-state index in [0.717, 1.165) is 0 Å². The SMILES string of the molecule is O=[Si](O)O.O=[Si](O)O.O=[Si](O)O.O=[Si](O)O.O=[Si](O)O.[Ca+2].[Ca+2].[Ca+2].[Ca+2].[Ca+2].[Ca+2].[Ca+2].[Ca+2].[Ca+2].[Ca+2].[Ca+2].[Ca+2].[Ca+2].[Ca+2].[Ca+2].[Ca+2].[Ca+2].[Ca+2].[Ca+2].[Ca+2].[Ca+2].[Ca+2].[H-].[H-].[H-].[H-].[H-].[H-].[H-].[H-].[H-].[H-].[H-].[H-].[H-].[H-].[H-].[H-].[H-].[H-].[H-].[H-].[H-].[H-].[H-].[H-].[H-].[H-].[H-].[H-].[H-].[H-].[H-].[H-].[H-].[H-].[H-].[H-].[H-].[H-].[H-].[H-].[H-].[H-].[H-].[H-]. The van der Waals surface area contributed by atoms with Gasteiger partial charge in [-0.3, -0.25) is 22.3 Å². The molecule has 0 aliphatic rings. The van der Waals surface area contributed by atoms with Crippen LogP contribution in [-0.4, -0.2) is 924 Å². The summed E-state index contributed by atoms with van der Waals surface area (Å²) in [6.07, 6.45) is 0. The molecule has 0 radical (unpaired) electrons. The fraction of sp³-hybridized carbons (Fsp3) is 0. The predicted molar refractivity (Wildman–Crippen MR) is 230 cm³/mol. The molecule has 0 unspecified atom stereocenters. The fourth-order valence-electron chi connectivity index (χ4n) is 0. The van der Waals surface area contributed by atoms with E-state index in [1.807, 2.05) is 0 Å². The maximum atomic E-state index is 8.74. The van der Waals surface area contributed by atoms with Crippen LogP contribution in [-0.2, 0) is 22.3 Å². The van der Waals surface area contributed by atoms with Crippen molar-refractivity contribution in [2.45, 2.75) is 0 Å². The van der Waals surface area contributed by atoms with Crippen LogP contribution in [0.5, 0.6) is 0 Å². The van der Waals surface area contributed by atoms with Gasteiger partial charge in [0.15, 0.2) is 0 Å². The van der Waals surface area contributed by atoms with E-state index in [-0.39, 0.29) is 893 Å². The van der Waals surface area contributed by atoms with Crippen molar-refractivity contribution in [1.29, 1.82) is 0 Å². The van der Waals surface area contributed by atoms with Crippen LogP contribution in [0.3, 0.4) is 0 Å². The Bertz CT molecular complexity index is 329. The summed E-state index contributed by atoms with van der Waals surface area (Å²) in [5.74, 6) is 0. The van der Waals surface area contributed by atoms with Gasteiger partial charge in [-0.15, -0.1) is 0 Å². The first-order valence-electron chi connectivity index (χ1n) is 3.26. The van der Waals surface area contributed by atoms with E-state index in [9.17, 15) is 0 Å². The molecule has 0 aromatic rings. The predicted octanol–water partition coefficient (Wildman–Crippen LogP) is -11.5. The van der Waals surface area contributed by atoms with E-state index in [1.54, 1.807) is 0 Å². The molecule has 15 nitrogen and oxygen atoms in total. The van der Waals surface area contributed by atoms with Gasteiger partial charge in [0.25, 0.3) is 0 Å². The second-order valence-corrected chi connectivity index (χ2v) is 4.24. The molecule has 0 aromatic carbocycles. The van der Waals surface area contributed by atoms with E-state index < -0.39 is 45.9 Å². The Morgan fingerprint density at radius 2 is 0.190 bits per heavy atom. The van der Waals surface area contributed by atoms with Gasteiger partial charge in [-0.1, -0.05) is 0 Å². The summed E-state index contributed by atoms with van der Waals surface area (Å²) >= 11 is 0. The average molecular weight is 1320 g/mol. The fourth-order valence-corrected chi connectivity index (χ4v) is 0. The van der Waals surface area contributed by atoms with Crippen molar-refractivity contribution in [3.63, 3.8) is 0 Å². The van der Waals surface area contributed by atoms with Gasteiger partial charge in [0.1, 0.15) is 0 Å². The smallest absolute Gasteiger partial charge is 1.00 e. The Labute approximate surface area is 976 Å². The van der Waals surface area contributed by atoms with Gasteiger partial charge >= 0.3 is 876 Å². The summed E-state index contributed by atoms with van der Waals surface area (Å²) < 4.78 is 43.7. The zero-order chi connectivity index (χ0) is 17.9. The Morgan fingerprint density at radius 1 is 0.190 bits per heavy atom. The molecule has 10 N–H and O–H groups in total. The molecule has 0 heterocycles. The van der Waals surface area contributed by atoms with Gasteiger partial charge in [0.05, 0.1) is 0 Å². The summed E-state index contributed by atoms with van der Waals surface area (Å²) in [5, 5.41) is 0. The summed E-state index contributed by atoms with van der Waals surface area (Å²) in [7, 11) is -15.6. The van der Waals surface area contributed by atoms with E-state index >= 15 is 0 Å². The quantitative estimate of drug-likeness (QED) is 0.101. The molecular weight excluding hydrogens is 1260 g/mol. The Hall–Kier alpha value is 25.8. The van der Waals surface area contributed by atoms with Crippen LogP contribution in [0.25, 0.3) is 0 Å². The van der Waals surface area contributed by atoms with Crippen LogP contribution in [0.2, 0.25) is 0 Å². The molecule has 42 heteroatoms. The van der Waals surface area contributed by atoms with E-state index in [4.69, 9.17) is 70.3 Å². The largest absolute Gasteiger partial charge is 2.00 e. The third-order valence-electron chi connectivity index (χ3n) is 0. The molecular formula is H54Ca22O15Si5. The van der Waals surface area contributed by atoms with Crippen LogP contribution >= 0.6 is 0 Å². The van der Waals surface area contributed by atoms with Crippen LogP contribution in [0.15, 0.2) is 0 Å². The van der Waals surface area contributed by atoms with Crippen molar-refractivity contribution in [3.05, 3.63) is 0 Å². The maximum absolute atomic E-state index is 8.74. The van der Waals surface area contributed by atoms with Gasteiger partial charge < -0.3 is 111 Å². The monoisotopic (exact) mass is 1310 g/mol. The first-order valence-corrected chi connectivity index (χ1v) is 9.77. The molecule has 0 bridgehead atoms. The number of hydrogen-bond acceptors (Lipinski definition) is 5. The molecule has 0 aliphatic heterocycles. The second kappa shape index (κ2) is 174. The number of hydrogen-bond donors (Lipinski definition) is 10. The molecule has 0 rings (SSSR count). The zero-order valence-electron chi connectivity index (χ0n) is 68.6. The minimum Gasteiger partial charge on any atom is -1.00 e. The third-order valence-corrected chi connectivity index (χ3v) is 0. The van der Waals surface area contributed by atoms with Gasteiger partial charge in [-0.2, -0.15) is 0 Å². The van der Waals surface area contributed by atoms with Crippen molar-refractivity contribution in [3.8, 4) is 0 Å². The molecule has 42 heavy (non-hydrogen) atoms. The van der Waals surface area contributed by atoms with E-state index in [1.165, 1.54) is 0 Å². The Morgan fingerprint density at radius 3 is 0.190 bits per heavy atom. The summed E-state index contributed by atoms with van der Waals surface area (Å²) in [5.41, 5.74) is 0. The summed E-state index contributed by atoms with van der Waals surface area (Å²) in [6.45, 7) is 0. The normalized spacial score (nSPS) is 2.86. The average Bonchev–Trinajstić information content (AvgIpc) is 1.94. The van der Waals surface area contributed by atoms with E-state index in [2.05, 4.69) is 0 Å². The van der Waals surface area contributed by atoms with Crippen LogP contribution in [0.1, 0.15) is 62.8 Å². The maximum Gasteiger partial charge on any atom is 2.00 e. The minimum atomic E-state index is -3.13. The van der Waals surface area contributed by atoms with Crippen molar-refractivity contribution in [2.75, 3.05) is 0 Å². The molecule has 0 aliphatic carbocycles. The molecule has 0 saturated heterocycles.